The van der Waals surface area contributed by atoms with Gasteiger partial charge in [0.1, 0.15) is 29.9 Å². The molecule has 20 nitrogen and oxygen atoms in total. The number of nitrogens with one attached hydrogen (secondary N) is 6. The molecule has 52 heavy (non-hydrogen) atoms. The van der Waals surface area contributed by atoms with E-state index in [1.165, 1.54) is 24.3 Å². The predicted molar refractivity (Wildman–Crippen MR) is 188 cm³/mol. The van der Waals surface area contributed by atoms with Crippen LogP contribution in [0, 0.1) is 11.3 Å². The number of nitrogens with two attached hydrogens (primary N) is 3. The Morgan fingerprint density at radius 1 is 0.769 bits per heavy atom. The van der Waals surface area contributed by atoms with Crippen LogP contribution in [0.4, 0.5) is 0 Å². The van der Waals surface area contributed by atoms with Crippen LogP contribution in [0.5, 0.6) is 5.75 Å². The number of guanidine groups is 1. The smallest absolute Gasteiger partial charge is 0.326 e. The van der Waals surface area contributed by atoms with Gasteiger partial charge in [-0.15, -0.1) is 0 Å². The highest BCUT2D eigenvalue weighted by Gasteiger charge is 2.34. The van der Waals surface area contributed by atoms with Gasteiger partial charge in [-0.3, -0.25) is 34.2 Å². The number of phenolic OH excluding ortho intramolecular Hbond substituents is 1. The molecular formula is C32H53N9O11. The highest BCUT2D eigenvalue weighted by molar-refractivity contribution is 5.96. The maximum absolute atomic E-state index is 13.3. The van der Waals surface area contributed by atoms with Crippen LogP contribution in [-0.2, 0) is 40.0 Å². The topological polar surface area (TPSA) is 362 Å². The summed E-state index contributed by atoms with van der Waals surface area (Å²) in [5.41, 5.74) is 17.3. The van der Waals surface area contributed by atoms with Gasteiger partial charge in [0.05, 0.1) is 12.5 Å². The Morgan fingerprint density at radius 2 is 1.31 bits per heavy atom. The van der Waals surface area contributed by atoms with Crippen molar-refractivity contribution in [3.63, 3.8) is 0 Å². The molecule has 0 aliphatic rings. The zero-order valence-corrected chi connectivity index (χ0v) is 29.5. The number of phenols is 1. The lowest BCUT2D eigenvalue weighted by Gasteiger charge is -2.27. The van der Waals surface area contributed by atoms with E-state index in [2.05, 4.69) is 26.6 Å². The Labute approximate surface area is 301 Å². The van der Waals surface area contributed by atoms with Crippen LogP contribution in [0.25, 0.3) is 0 Å². The summed E-state index contributed by atoms with van der Waals surface area (Å²) in [6.07, 6.45) is 0.618. The average Bonchev–Trinajstić information content (AvgIpc) is 3.04. The number of unbranched alkanes of at least 4 members (excludes halogenated alkanes) is 1. The van der Waals surface area contributed by atoms with E-state index in [9.17, 15) is 44.1 Å². The highest BCUT2D eigenvalue weighted by Crippen LogP contribution is 2.13. The Balaban J connectivity index is 0.00000615. The fourth-order valence-electron chi connectivity index (χ4n) is 4.49. The summed E-state index contributed by atoms with van der Waals surface area (Å²) in [4.78, 5) is 85.2. The second-order valence-electron chi connectivity index (χ2n) is 12.1. The molecule has 5 atom stereocenters. The third-order valence-electron chi connectivity index (χ3n) is 7.17. The van der Waals surface area contributed by atoms with Crippen LogP contribution in [0.3, 0.4) is 0 Å². The molecule has 0 aromatic heterocycles. The number of carboxylic acid groups (broad SMARTS) is 3. The Hall–Kier alpha value is -5.50. The second kappa shape index (κ2) is 24.6. The van der Waals surface area contributed by atoms with Crippen molar-refractivity contribution < 1.29 is 54.0 Å². The molecule has 0 aliphatic heterocycles. The largest absolute Gasteiger partial charge is 0.508 e. The minimum atomic E-state index is -1.67. The molecule has 1 rings (SSSR count). The van der Waals surface area contributed by atoms with Crippen LogP contribution >= 0.6 is 0 Å². The van der Waals surface area contributed by atoms with Gasteiger partial charge in [0.25, 0.3) is 5.97 Å². The summed E-state index contributed by atoms with van der Waals surface area (Å²) in [7, 11) is 0. The quantitative estimate of drug-likeness (QED) is 0.0344. The number of benzene rings is 1. The molecule has 20 heteroatoms. The first-order chi connectivity index (χ1) is 24.3. The van der Waals surface area contributed by atoms with Gasteiger partial charge in [-0.05, 0) is 62.3 Å². The molecule has 292 valence electrons. The van der Waals surface area contributed by atoms with E-state index >= 15 is 0 Å². The molecule has 1 aromatic carbocycles. The van der Waals surface area contributed by atoms with Crippen molar-refractivity contribution >= 4 is 47.5 Å². The van der Waals surface area contributed by atoms with E-state index in [4.69, 9.17) is 32.5 Å². The number of carbonyl (C=O) groups is 7. The number of aliphatic carboxylic acids is 3. The predicted octanol–water partition coefficient (Wildman–Crippen LogP) is -2.10. The number of carbonyl (C=O) groups excluding carboxylic acids is 4. The van der Waals surface area contributed by atoms with Crippen LogP contribution in [-0.4, -0.2) is 111 Å². The Bertz CT molecular complexity index is 1360. The third kappa shape index (κ3) is 20.2. The van der Waals surface area contributed by atoms with E-state index in [0.29, 0.717) is 37.9 Å². The number of amides is 4. The van der Waals surface area contributed by atoms with Crippen molar-refractivity contribution in [1.82, 2.24) is 26.6 Å². The molecule has 0 saturated heterocycles. The minimum Gasteiger partial charge on any atom is -0.508 e. The fraction of sp³-hybridized carbons (Fsp3) is 0.562. The van der Waals surface area contributed by atoms with Crippen LogP contribution in [0.15, 0.2) is 24.3 Å². The van der Waals surface area contributed by atoms with Gasteiger partial charge in [-0.1, -0.05) is 26.0 Å². The first-order valence-corrected chi connectivity index (χ1v) is 16.5. The molecule has 0 bridgehead atoms. The molecule has 0 heterocycles. The lowest BCUT2D eigenvalue weighted by Crippen LogP contribution is -2.59. The van der Waals surface area contributed by atoms with E-state index in [-0.39, 0.29) is 31.0 Å². The van der Waals surface area contributed by atoms with E-state index in [1.807, 2.05) is 0 Å². The van der Waals surface area contributed by atoms with E-state index < -0.39 is 84.1 Å². The normalized spacial score (nSPS) is 13.4. The molecule has 16 N–H and O–H groups in total. The van der Waals surface area contributed by atoms with Crippen molar-refractivity contribution in [2.75, 3.05) is 13.1 Å². The summed E-state index contributed by atoms with van der Waals surface area (Å²) < 4.78 is 0. The van der Waals surface area contributed by atoms with Crippen molar-refractivity contribution in [3.8, 4) is 5.75 Å². The van der Waals surface area contributed by atoms with Gasteiger partial charge in [-0.25, -0.2) is 4.79 Å². The molecule has 4 amide bonds. The second-order valence-corrected chi connectivity index (χ2v) is 12.1. The summed E-state index contributed by atoms with van der Waals surface area (Å²) in [5.74, 6) is -7.88. The molecule has 0 fully saturated rings. The van der Waals surface area contributed by atoms with Crippen LogP contribution < -0.4 is 43.8 Å². The van der Waals surface area contributed by atoms with Gasteiger partial charge in [0.2, 0.25) is 23.6 Å². The maximum atomic E-state index is 13.3. The zero-order valence-electron chi connectivity index (χ0n) is 29.5. The molecular weight excluding hydrogens is 686 g/mol. The lowest BCUT2D eigenvalue weighted by atomic mass is 10.0. The Kier molecular flexibility index (Phi) is 22.0. The Morgan fingerprint density at radius 3 is 1.81 bits per heavy atom. The monoisotopic (exact) mass is 739 g/mol. The molecule has 0 unspecified atom stereocenters. The molecule has 0 radical (unpaired) electrons. The first kappa shape index (κ1) is 46.5. The number of hydrogen-bond donors (Lipinski definition) is 13. The fourth-order valence-corrected chi connectivity index (χ4v) is 4.49. The standard InChI is InChI=1S/C30H49N9O9.C2H4O2/c1-16(2)24(28(46)38-22(29(47)48)14-17-8-10-18(40)11-9-17)39-27(45)21(15-23(41)42)37-26(44)20(7-3-4-12-31)36-25(43)19(32)6-5-13-35-30(33)34;1-2(3)4/h8-11,16,19-22,24,40H,3-7,12-15,31-32H2,1-2H3,(H,36,43)(H,37,44)(H,38,46)(H,39,45)(H,41,42)(H,47,48)(H4,33,34,35);1H3,(H,3,4)/t19-,20-,21-,22-,24-;/m0./s1. The van der Waals surface area contributed by atoms with Gasteiger partial charge in [0, 0.05) is 19.9 Å². The van der Waals surface area contributed by atoms with Gasteiger partial charge >= 0.3 is 11.9 Å². The minimum absolute atomic E-state index is 0.0247. The van der Waals surface area contributed by atoms with Crippen molar-refractivity contribution in [3.05, 3.63) is 29.8 Å². The van der Waals surface area contributed by atoms with E-state index in [0.717, 1.165) is 6.92 Å². The van der Waals surface area contributed by atoms with Gasteiger partial charge in [0.15, 0.2) is 5.96 Å². The van der Waals surface area contributed by atoms with Crippen LogP contribution in [0.1, 0.15) is 64.9 Å². The zero-order chi connectivity index (χ0) is 40.0. The van der Waals surface area contributed by atoms with E-state index in [1.54, 1.807) is 13.8 Å². The third-order valence-corrected chi connectivity index (χ3v) is 7.17. The molecule has 0 saturated carbocycles. The van der Waals surface area contributed by atoms with Crippen LogP contribution in [0.2, 0.25) is 0 Å². The summed E-state index contributed by atoms with van der Waals surface area (Å²) in [5, 5.41) is 55.5. The van der Waals surface area contributed by atoms with Gasteiger partial charge < -0.3 is 64.2 Å². The summed E-state index contributed by atoms with van der Waals surface area (Å²) in [6.45, 7) is 4.85. The number of carboxylic acids is 3. The highest BCUT2D eigenvalue weighted by atomic mass is 16.4. The SMILES string of the molecule is CC(=O)O.CC(C)[C@H](NC(=O)[C@H](CC(=O)O)NC(=O)[C@H](CCCCN)NC(=O)[C@@H](N)CCCNC(=N)N)C(=O)N[C@@H](Cc1ccc(O)cc1)C(=O)O. The summed E-state index contributed by atoms with van der Waals surface area (Å²) >= 11 is 0. The molecule has 1 aromatic rings. The van der Waals surface area contributed by atoms with Crippen molar-refractivity contribution in [1.29, 1.82) is 5.41 Å². The molecule has 0 aliphatic carbocycles. The number of aromatic hydroxyl groups is 1. The van der Waals surface area contributed by atoms with Gasteiger partial charge in [-0.2, -0.15) is 0 Å². The summed E-state index contributed by atoms with van der Waals surface area (Å²) in [6, 6.07) is -0.890. The maximum Gasteiger partial charge on any atom is 0.326 e. The number of rotatable bonds is 22. The number of hydrogen-bond acceptors (Lipinski definition) is 11. The van der Waals surface area contributed by atoms with Crippen molar-refractivity contribution in [2.24, 2.45) is 23.1 Å². The molecule has 0 spiro atoms. The average molecular weight is 740 g/mol. The first-order valence-electron chi connectivity index (χ1n) is 16.5. The van der Waals surface area contributed by atoms with Crippen molar-refractivity contribution in [2.45, 2.75) is 95.9 Å². The lowest BCUT2D eigenvalue weighted by molar-refractivity contribution is -0.143.